The third-order valence-corrected chi connectivity index (χ3v) is 6.03. The number of hydrogen-bond donors (Lipinski definition) is 1. The van der Waals surface area contributed by atoms with Crippen LogP contribution in [0.25, 0.3) is 0 Å². The normalized spacial score (nSPS) is 15.8. The van der Waals surface area contributed by atoms with Gasteiger partial charge in [-0.3, -0.25) is 9.36 Å². The molecule has 0 saturated heterocycles. The fourth-order valence-electron chi connectivity index (χ4n) is 4.13. The van der Waals surface area contributed by atoms with Gasteiger partial charge in [-0.15, -0.1) is 0 Å². The quantitative estimate of drug-likeness (QED) is 0.645. The maximum Gasteiger partial charge on any atom is 0.346 e. The second-order valence-corrected chi connectivity index (χ2v) is 8.64. The SMILES string of the molecule is COc1cccc(Cn2nc3n(c2=O)CCC(NC(=O)c2cccc(C(C)C)c2)CC3)c1. The van der Waals surface area contributed by atoms with Crippen molar-refractivity contribution in [3.05, 3.63) is 81.5 Å². The summed E-state index contributed by atoms with van der Waals surface area (Å²) in [5.74, 6) is 1.84. The monoisotopic (exact) mass is 434 g/mol. The second-order valence-electron chi connectivity index (χ2n) is 8.64. The van der Waals surface area contributed by atoms with E-state index in [0.29, 0.717) is 37.4 Å². The molecule has 1 atom stereocenters. The predicted molar refractivity (Wildman–Crippen MR) is 123 cm³/mol. The van der Waals surface area contributed by atoms with E-state index in [9.17, 15) is 9.59 Å². The van der Waals surface area contributed by atoms with Crippen LogP contribution in [0.3, 0.4) is 0 Å². The minimum absolute atomic E-state index is 0.0122. The molecule has 7 nitrogen and oxygen atoms in total. The zero-order valence-electron chi connectivity index (χ0n) is 18.9. The number of amides is 1. The van der Waals surface area contributed by atoms with Crippen molar-refractivity contribution in [2.45, 2.75) is 58.2 Å². The summed E-state index contributed by atoms with van der Waals surface area (Å²) in [6.45, 7) is 5.18. The highest BCUT2D eigenvalue weighted by Gasteiger charge is 2.22. The molecule has 1 aliphatic rings. The summed E-state index contributed by atoms with van der Waals surface area (Å²) in [4.78, 5) is 25.7. The molecule has 1 aliphatic heterocycles. The fraction of sp³-hybridized carbons (Fsp3) is 0.400. The van der Waals surface area contributed by atoms with E-state index < -0.39 is 0 Å². The van der Waals surface area contributed by atoms with Crippen LogP contribution in [-0.2, 0) is 19.5 Å². The number of hydrogen-bond acceptors (Lipinski definition) is 4. The van der Waals surface area contributed by atoms with Gasteiger partial charge in [0.05, 0.1) is 13.7 Å². The van der Waals surface area contributed by atoms with Crippen molar-refractivity contribution >= 4 is 5.91 Å². The van der Waals surface area contributed by atoms with Gasteiger partial charge in [-0.05, 0) is 54.2 Å². The summed E-state index contributed by atoms with van der Waals surface area (Å²) in [6, 6.07) is 15.4. The average Bonchev–Trinajstić information content (AvgIpc) is 2.96. The van der Waals surface area contributed by atoms with Gasteiger partial charge in [0.15, 0.2) is 0 Å². The van der Waals surface area contributed by atoms with Crippen molar-refractivity contribution in [2.75, 3.05) is 7.11 Å². The molecule has 1 N–H and O–H groups in total. The Balaban J connectivity index is 1.42. The molecule has 0 radical (unpaired) electrons. The first kappa shape index (κ1) is 21.9. The topological polar surface area (TPSA) is 78.2 Å². The molecule has 0 bridgehead atoms. The third-order valence-electron chi connectivity index (χ3n) is 6.03. The average molecular weight is 435 g/mol. The number of methoxy groups -OCH3 is 1. The Morgan fingerprint density at radius 1 is 1.19 bits per heavy atom. The molecule has 2 aromatic carbocycles. The Morgan fingerprint density at radius 3 is 2.78 bits per heavy atom. The van der Waals surface area contributed by atoms with Gasteiger partial charge in [0, 0.05) is 24.6 Å². The van der Waals surface area contributed by atoms with Gasteiger partial charge >= 0.3 is 5.69 Å². The zero-order chi connectivity index (χ0) is 22.7. The molecule has 32 heavy (non-hydrogen) atoms. The number of aromatic nitrogens is 3. The van der Waals surface area contributed by atoms with Gasteiger partial charge in [-0.25, -0.2) is 9.48 Å². The Labute approximate surface area is 188 Å². The summed E-state index contributed by atoms with van der Waals surface area (Å²) in [5, 5.41) is 7.73. The van der Waals surface area contributed by atoms with Crippen LogP contribution in [0.4, 0.5) is 0 Å². The lowest BCUT2D eigenvalue weighted by Gasteiger charge is -2.17. The molecule has 3 aromatic rings. The van der Waals surface area contributed by atoms with Crippen molar-refractivity contribution in [3.63, 3.8) is 0 Å². The standard InChI is InChI=1S/C25H30N4O3/c1-17(2)19-7-5-8-20(15-19)24(30)26-21-10-11-23-27-29(25(31)28(23)13-12-21)16-18-6-4-9-22(14-18)32-3/h4-9,14-15,17,21H,10-13,16H2,1-3H3,(H,26,30). The number of carbonyl (C=O) groups is 1. The molecule has 0 fully saturated rings. The summed E-state index contributed by atoms with van der Waals surface area (Å²) in [7, 11) is 1.63. The van der Waals surface area contributed by atoms with Gasteiger partial charge in [0.1, 0.15) is 11.6 Å². The molecule has 2 heterocycles. The van der Waals surface area contributed by atoms with E-state index in [1.54, 1.807) is 11.7 Å². The van der Waals surface area contributed by atoms with Crippen LogP contribution < -0.4 is 15.7 Å². The fourth-order valence-corrected chi connectivity index (χ4v) is 4.13. The molecule has 4 rings (SSSR count). The highest BCUT2D eigenvalue weighted by molar-refractivity contribution is 5.94. The van der Waals surface area contributed by atoms with Gasteiger partial charge in [-0.1, -0.05) is 38.1 Å². The number of nitrogens with one attached hydrogen (secondary N) is 1. The van der Waals surface area contributed by atoms with Crippen LogP contribution >= 0.6 is 0 Å². The summed E-state index contributed by atoms with van der Waals surface area (Å²) >= 11 is 0. The summed E-state index contributed by atoms with van der Waals surface area (Å²) in [5.41, 5.74) is 2.68. The lowest BCUT2D eigenvalue weighted by molar-refractivity contribution is 0.0932. The van der Waals surface area contributed by atoms with E-state index in [2.05, 4.69) is 24.3 Å². The number of ether oxygens (including phenoxy) is 1. The van der Waals surface area contributed by atoms with Crippen LogP contribution in [0.15, 0.2) is 53.3 Å². The van der Waals surface area contributed by atoms with E-state index in [1.165, 1.54) is 4.68 Å². The first-order chi connectivity index (χ1) is 15.4. The first-order valence-corrected chi connectivity index (χ1v) is 11.1. The number of fused-ring (bicyclic) bond motifs is 1. The largest absolute Gasteiger partial charge is 0.497 e. The molecule has 0 saturated carbocycles. The lowest BCUT2D eigenvalue weighted by Crippen LogP contribution is -2.36. The molecule has 1 amide bonds. The van der Waals surface area contributed by atoms with Crippen LogP contribution in [0.5, 0.6) is 5.75 Å². The Morgan fingerprint density at radius 2 is 2.00 bits per heavy atom. The van der Waals surface area contributed by atoms with Crippen LogP contribution in [-0.4, -0.2) is 33.4 Å². The minimum atomic E-state index is -0.112. The van der Waals surface area contributed by atoms with Crippen molar-refractivity contribution in [1.82, 2.24) is 19.7 Å². The van der Waals surface area contributed by atoms with Gasteiger partial charge in [-0.2, -0.15) is 5.10 Å². The van der Waals surface area contributed by atoms with Crippen molar-refractivity contribution < 1.29 is 9.53 Å². The second kappa shape index (κ2) is 9.42. The van der Waals surface area contributed by atoms with Crippen molar-refractivity contribution in [1.29, 1.82) is 0 Å². The van der Waals surface area contributed by atoms with E-state index in [0.717, 1.165) is 29.1 Å². The number of aryl methyl sites for hydroxylation is 1. The Hall–Kier alpha value is -3.35. The highest BCUT2D eigenvalue weighted by atomic mass is 16.5. The van der Waals surface area contributed by atoms with Crippen molar-refractivity contribution in [2.24, 2.45) is 0 Å². The Bertz CT molecular complexity index is 1160. The van der Waals surface area contributed by atoms with Crippen LogP contribution in [0, 0.1) is 0 Å². The minimum Gasteiger partial charge on any atom is -0.497 e. The van der Waals surface area contributed by atoms with Crippen molar-refractivity contribution in [3.8, 4) is 5.75 Å². The van der Waals surface area contributed by atoms with E-state index >= 15 is 0 Å². The number of benzene rings is 2. The third kappa shape index (κ3) is 4.77. The summed E-state index contributed by atoms with van der Waals surface area (Å²) < 4.78 is 8.52. The number of rotatable bonds is 6. The molecular formula is C25H30N4O3. The number of carbonyl (C=O) groups excluding carboxylic acids is 1. The van der Waals surface area contributed by atoms with Crippen LogP contribution in [0.2, 0.25) is 0 Å². The highest BCUT2D eigenvalue weighted by Crippen LogP contribution is 2.18. The van der Waals surface area contributed by atoms with Crippen LogP contribution in [0.1, 0.15) is 59.9 Å². The van der Waals surface area contributed by atoms with E-state index in [4.69, 9.17) is 4.74 Å². The lowest BCUT2D eigenvalue weighted by atomic mass is 10.0. The number of nitrogens with zero attached hydrogens (tertiary/aromatic N) is 3. The zero-order valence-corrected chi connectivity index (χ0v) is 18.9. The predicted octanol–water partition coefficient (Wildman–Crippen LogP) is 3.36. The molecule has 0 spiro atoms. The van der Waals surface area contributed by atoms with E-state index in [1.807, 2.05) is 48.5 Å². The molecule has 7 heteroatoms. The summed E-state index contributed by atoms with van der Waals surface area (Å²) in [6.07, 6.45) is 2.11. The van der Waals surface area contributed by atoms with Gasteiger partial charge < -0.3 is 10.1 Å². The molecular weight excluding hydrogens is 404 g/mol. The van der Waals surface area contributed by atoms with Gasteiger partial charge in [0.2, 0.25) is 0 Å². The Kier molecular flexibility index (Phi) is 6.44. The molecule has 168 valence electrons. The maximum atomic E-state index is 12.9. The molecule has 1 aromatic heterocycles. The maximum absolute atomic E-state index is 12.9. The van der Waals surface area contributed by atoms with E-state index in [-0.39, 0.29) is 17.6 Å². The molecule has 0 aliphatic carbocycles. The van der Waals surface area contributed by atoms with Gasteiger partial charge in [0.25, 0.3) is 5.91 Å². The first-order valence-electron chi connectivity index (χ1n) is 11.1. The smallest absolute Gasteiger partial charge is 0.346 e. The molecule has 1 unspecified atom stereocenters.